The van der Waals surface area contributed by atoms with E-state index in [2.05, 4.69) is 10.1 Å². The molecule has 0 saturated heterocycles. The fraction of sp³-hybridized carbons (Fsp3) is 0.111. The van der Waals surface area contributed by atoms with Crippen molar-refractivity contribution in [3.63, 3.8) is 0 Å². The summed E-state index contributed by atoms with van der Waals surface area (Å²) in [5.74, 6) is 1.42. The molecule has 0 amide bonds. The Kier molecular flexibility index (Phi) is 2.22. The van der Waals surface area contributed by atoms with Gasteiger partial charge in [-0.05, 0) is 12.1 Å². The Morgan fingerprint density at radius 2 is 2.31 bits per heavy atom. The average Bonchev–Trinajstić information content (AvgIpc) is 2.69. The van der Waals surface area contributed by atoms with Gasteiger partial charge in [0.2, 0.25) is 0 Å². The van der Waals surface area contributed by atoms with Gasteiger partial charge in [0.05, 0.1) is 12.4 Å². The number of pyridine rings is 1. The Hall–Kier alpha value is -1.84. The van der Waals surface area contributed by atoms with E-state index in [-0.39, 0.29) is 0 Å². The van der Waals surface area contributed by atoms with E-state index in [1.54, 1.807) is 24.7 Å². The molecule has 2 aromatic rings. The van der Waals surface area contributed by atoms with E-state index in [1.165, 1.54) is 0 Å². The molecule has 0 unspecified atom stereocenters. The van der Waals surface area contributed by atoms with Crippen LogP contribution in [0.25, 0.3) is 0 Å². The van der Waals surface area contributed by atoms with Crippen molar-refractivity contribution in [1.29, 1.82) is 0 Å². The van der Waals surface area contributed by atoms with Crippen LogP contribution < -0.4 is 4.74 Å². The summed E-state index contributed by atoms with van der Waals surface area (Å²) >= 11 is 0. The molecular weight excluding hydrogens is 168 g/mol. The number of hydrogen-bond acceptors (Lipinski definition) is 4. The van der Waals surface area contributed by atoms with Crippen molar-refractivity contribution in [1.82, 2.24) is 10.1 Å². The molecule has 0 aromatic carbocycles. The standard InChI is InChI=1S/C9H8N2O2/c1-2-8(6-10-4-1)12-7-9-3-5-11-13-9/h1-6H,7H2. The lowest BCUT2D eigenvalue weighted by molar-refractivity contribution is 0.248. The zero-order chi connectivity index (χ0) is 8.93. The lowest BCUT2D eigenvalue weighted by Crippen LogP contribution is -1.93. The van der Waals surface area contributed by atoms with Crippen LogP contribution in [0.4, 0.5) is 0 Å². The summed E-state index contributed by atoms with van der Waals surface area (Å²) in [6.45, 7) is 0.381. The van der Waals surface area contributed by atoms with Crippen LogP contribution in [0.2, 0.25) is 0 Å². The minimum absolute atomic E-state index is 0.381. The molecule has 0 bridgehead atoms. The Balaban J connectivity index is 1.94. The highest BCUT2D eigenvalue weighted by molar-refractivity contribution is 5.15. The predicted molar refractivity (Wildman–Crippen MR) is 45.1 cm³/mol. The molecule has 0 saturated carbocycles. The maximum atomic E-state index is 5.35. The smallest absolute Gasteiger partial charge is 0.174 e. The van der Waals surface area contributed by atoms with Gasteiger partial charge in [0.25, 0.3) is 0 Å². The van der Waals surface area contributed by atoms with Crippen molar-refractivity contribution in [2.24, 2.45) is 0 Å². The molecule has 2 heterocycles. The van der Waals surface area contributed by atoms with Crippen molar-refractivity contribution in [2.45, 2.75) is 6.61 Å². The zero-order valence-corrected chi connectivity index (χ0v) is 6.88. The summed E-state index contributed by atoms with van der Waals surface area (Å²) in [4.78, 5) is 3.91. The van der Waals surface area contributed by atoms with Crippen LogP contribution in [0.1, 0.15) is 5.76 Å². The van der Waals surface area contributed by atoms with E-state index >= 15 is 0 Å². The first kappa shape index (κ1) is 7.79. The Labute approximate surface area is 75.2 Å². The van der Waals surface area contributed by atoms with Crippen molar-refractivity contribution in [2.75, 3.05) is 0 Å². The third-order valence-corrected chi connectivity index (χ3v) is 1.51. The van der Waals surface area contributed by atoms with Gasteiger partial charge in [-0.2, -0.15) is 0 Å². The summed E-state index contributed by atoms with van der Waals surface area (Å²) in [5, 5.41) is 3.56. The lowest BCUT2D eigenvalue weighted by Gasteiger charge is -2.00. The summed E-state index contributed by atoms with van der Waals surface area (Å²) in [6, 6.07) is 5.41. The van der Waals surface area contributed by atoms with Crippen LogP contribution in [0.15, 0.2) is 41.3 Å². The van der Waals surface area contributed by atoms with Crippen molar-refractivity contribution >= 4 is 0 Å². The molecule has 13 heavy (non-hydrogen) atoms. The molecule has 4 nitrogen and oxygen atoms in total. The highest BCUT2D eigenvalue weighted by Crippen LogP contribution is 2.09. The van der Waals surface area contributed by atoms with Gasteiger partial charge < -0.3 is 9.26 Å². The first-order chi connectivity index (χ1) is 6.45. The number of hydrogen-bond donors (Lipinski definition) is 0. The van der Waals surface area contributed by atoms with E-state index < -0.39 is 0 Å². The van der Waals surface area contributed by atoms with Crippen LogP contribution in [-0.2, 0) is 6.61 Å². The molecule has 2 aromatic heterocycles. The van der Waals surface area contributed by atoms with Gasteiger partial charge >= 0.3 is 0 Å². The quantitative estimate of drug-likeness (QED) is 0.713. The first-order valence-corrected chi connectivity index (χ1v) is 3.87. The highest BCUT2D eigenvalue weighted by Gasteiger charge is 1.97. The molecule has 4 heteroatoms. The summed E-state index contributed by atoms with van der Waals surface area (Å²) in [6.07, 6.45) is 4.93. The molecule has 0 radical (unpaired) electrons. The molecule has 0 aliphatic heterocycles. The maximum absolute atomic E-state index is 5.35. The van der Waals surface area contributed by atoms with E-state index in [0.29, 0.717) is 12.4 Å². The van der Waals surface area contributed by atoms with Gasteiger partial charge in [0, 0.05) is 12.3 Å². The molecule has 0 spiro atoms. The SMILES string of the molecule is c1cncc(OCc2ccno2)c1. The third-order valence-electron chi connectivity index (χ3n) is 1.51. The van der Waals surface area contributed by atoms with E-state index in [9.17, 15) is 0 Å². The van der Waals surface area contributed by atoms with Gasteiger partial charge in [-0.15, -0.1) is 0 Å². The van der Waals surface area contributed by atoms with Gasteiger partial charge in [0.1, 0.15) is 12.4 Å². The Bertz CT molecular complexity index is 345. The molecule has 0 N–H and O–H groups in total. The van der Waals surface area contributed by atoms with Crippen LogP contribution in [-0.4, -0.2) is 10.1 Å². The molecule has 2 rings (SSSR count). The van der Waals surface area contributed by atoms with Crippen LogP contribution >= 0.6 is 0 Å². The number of ether oxygens (including phenoxy) is 1. The minimum Gasteiger partial charge on any atom is -0.484 e. The van der Waals surface area contributed by atoms with E-state index in [0.717, 1.165) is 5.75 Å². The van der Waals surface area contributed by atoms with Crippen molar-refractivity contribution in [3.05, 3.63) is 42.5 Å². The molecule has 0 atom stereocenters. The fourth-order valence-electron chi connectivity index (χ4n) is 0.904. The van der Waals surface area contributed by atoms with Gasteiger partial charge in [0.15, 0.2) is 5.76 Å². The normalized spacial score (nSPS) is 9.85. The van der Waals surface area contributed by atoms with Crippen molar-refractivity contribution < 1.29 is 9.26 Å². The first-order valence-electron chi connectivity index (χ1n) is 3.87. The second-order valence-corrected chi connectivity index (χ2v) is 2.46. The summed E-state index contributed by atoms with van der Waals surface area (Å²) < 4.78 is 10.2. The Morgan fingerprint density at radius 3 is 3.00 bits per heavy atom. The maximum Gasteiger partial charge on any atom is 0.174 e. The van der Waals surface area contributed by atoms with Gasteiger partial charge in [-0.3, -0.25) is 4.98 Å². The third kappa shape index (κ3) is 2.05. The monoisotopic (exact) mass is 176 g/mol. The van der Waals surface area contributed by atoms with Crippen LogP contribution in [0.5, 0.6) is 5.75 Å². The fourth-order valence-corrected chi connectivity index (χ4v) is 0.904. The summed E-state index contributed by atoms with van der Waals surface area (Å²) in [7, 11) is 0. The summed E-state index contributed by atoms with van der Waals surface area (Å²) in [5.41, 5.74) is 0. The molecule has 0 fully saturated rings. The average molecular weight is 176 g/mol. The largest absolute Gasteiger partial charge is 0.484 e. The molecule has 0 aliphatic carbocycles. The predicted octanol–water partition coefficient (Wildman–Crippen LogP) is 1.65. The molecule has 0 aliphatic rings. The van der Waals surface area contributed by atoms with Crippen LogP contribution in [0, 0.1) is 0 Å². The lowest BCUT2D eigenvalue weighted by atomic mass is 10.4. The van der Waals surface area contributed by atoms with E-state index in [1.807, 2.05) is 12.1 Å². The Morgan fingerprint density at radius 1 is 1.31 bits per heavy atom. The number of rotatable bonds is 3. The molecular formula is C9H8N2O2. The number of nitrogens with zero attached hydrogens (tertiary/aromatic N) is 2. The zero-order valence-electron chi connectivity index (χ0n) is 6.88. The number of aromatic nitrogens is 2. The van der Waals surface area contributed by atoms with E-state index in [4.69, 9.17) is 9.26 Å². The highest BCUT2D eigenvalue weighted by atomic mass is 16.5. The molecule has 66 valence electrons. The van der Waals surface area contributed by atoms with Crippen molar-refractivity contribution in [3.8, 4) is 5.75 Å². The van der Waals surface area contributed by atoms with Crippen LogP contribution in [0.3, 0.4) is 0 Å². The second kappa shape index (κ2) is 3.71. The second-order valence-electron chi connectivity index (χ2n) is 2.46. The minimum atomic E-state index is 0.381. The topological polar surface area (TPSA) is 48.2 Å². The van der Waals surface area contributed by atoms with Gasteiger partial charge in [-0.25, -0.2) is 0 Å². The van der Waals surface area contributed by atoms with Gasteiger partial charge in [-0.1, -0.05) is 5.16 Å².